The number of aliphatic imine (C=N–C) groups is 1. The Hall–Kier alpha value is -1.28. The van der Waals surface area contributed by atoms with E-state index in [2.05, 4.69) is 43.6 Å². The fourth-order valence-corrected chi connectivity index (χ4v) is 4.50. The van der Waals surface area contributed by atoms with Crippen molar-refractivity contribution in [2.75, 3.05) is 32.5 Å². The molecule has 1 atom stereocenters. The summed E-state index contributed by atoms with van der Waals surface area (Å²) in [5.41, 5.74) is 0. The van der Waals surface area contributed by atoms with Crippen molar-refractivity contribution >= 4 is 17.7 Å². The van der Waals surface area contributed by atoms with E-state index in [1.54, 1.807) is 11.8 Å². The molecule has 0 spiro atoms. The van der Waals surface area contributed by atoms with Gasteiger partial charge in [-0.3, -0.25) is 4.99 Å². The number of thioether (sulfide) groups is 1. The van der Waals surface area contributed by atoms with Crippen LogP contribution in [0.3, 0.4) is 0 Å². The molecule has 0 radical (unpaired) electrons. The van der Waals surface area contributed by atoms with Gasteiger partial charge in [0.15, 0.2) is 11.1 Å². The maximum atomic E-state index is 5.66. The molecule has 1 aliphatic heterocycles. The van der Waals surface area contributed by atoms with Gasteiger partial charge in [-0.1, -0.05) is 24.6 Å². The second kappa shape index (κ2) is 10.9. The van der Waals surface area contributed by atoms with Gasteiger partial charge in [0.25, 0.3) is 0 Å². The molecule has 3 rings (SSSR count). The molecule has 2 heterocycles. The van der Waals surface area contributed by atoms with Crippen molar-refractivity contribution in [2.24, 2.45) is 4.99 Å². The Kier molecular flexibility index (Phi) is 8.26. The normalized spacial score (nSPS) is 21.1. The number of guanidine groups is 1. The lowest BCUT2D eigenvalue weighted by Crippen LogP contribution is -2.38. The van der Waals surface area contributed by atoms with E-state index in [-0.39, 0.29) is 6.10 Å². The average Bonchev–Trinajstić information content (AvgIpc) is 3.44. The van der Waals surface area contributed by atoms with Crippen LogP contribution in [-0.2, 0) is 11.2 Å². The molecule has 1 aromatic heterocycles. The zero-order valence-corrected chi connectivity index (χ0v) is 17.6. The Morgan fingerprint density at radius 1 is 1.22 bits per heavy atom. The molecule has 1 aromatic rings. The Morgan fingerprint density at radius 3 is 2.78 bits per heavy atom. The molecule has 8 heteroatoms. The summed E-state index contributed by atoms with van der Waals surface area (Å²) in [5, 5.41) is 16.7. The molecule has 27 heavy (non-hydrogen) atoms. The van der Waals surface area contributed by atoms with E-state index < -0.39 is 0 Å². The molecular weight excluding hydrogens is 360 g/mol. The summed E-state index contributed by atoms with van der Waals surface area (Å²) in [6.07, 6.45) is 11.8. The first kappa shape index (κ1) is 20.5. The zero-order chi connectivity index (χ0) is 18.9. The summed E-state index contributed by atoms with van der Waals surface area (Å²) >= 11 is 1.71. The van der Waals surface area contributed by atoms with Gasteiger partial charge < -0.3 is 19.9 Å². The van der Waals surface area contributed by atoms with Crippen molar-refractivity contribution < 1.29 is 4.74 Å². The molecule has 1 unspecified atom stereocenters. The Morgan fingerprint density at radius 2 is 2.07 bits per heavy atom. The highest BCUT2D eigenvalue weighted by atomic mass is 32.2. The third-order valence-corrected chi connectivity index (χ3v) is 5.94. The number of nitrogens with zero attached hydrogens (tertiary/aromatic N) is 4. The van der Waals surface area contributed by atoms with Gasteiger partial charge in [0, 0.05) is 32.2 Å². The van der Waals surface area contributed by atoms with Gasteiger partial charge in [-0.15, -0.1) is 10.2 Å². The summed E-state index contributed by atoms with van der Waals surface area (Å²) in [7, 11) is 0. The predicted molar refractivity (Wildman–Crippen MR) is 111 cm³/mol. The number of nitrogens with one attached hydrogen (secondary N) is 2. The number of aryl methyl sites for hydroxylation is 1. The highest BCUT2D eigenvalue weighted by Gasteiger charge is 2.23. The van der Waals surface area contributed by atoms with Crippen molar-refractivity contribution in [2.45, 2.75) is 75.6 Å². The van der Waals surface area contributed by atoms with Crippen LogP contribution >= 0.6 is 11.8 Å². The summed E-state index contributed by atoms with van der Waals surface area (Å²) in [4.78, 5) is 4.67. The maximum absolute atomic E-state index is 5.66. The van der Waals surface area contributed by atoms with Crippen LogP contribution in [0.4, 0.5) is 0 Å². The van der Waals surface area contributed by atoms with Gasteiger partial charge in [0.05, 0.1) is 12.6 Å². The van der Waals surface area contributed by atoms with E-state index in [0.717, 1.165) is 68.9 Å². The average molecular weight is 395 g/mol. The standard InChI is InChI=1S/C19H34N6OS/c1-3-20-18(22-14-16-10-7-13-26-16)21-12-6-11-17-23-24-19(27-2)25(17)15-8-4-5-9-15/h15-16H,3-14H2,1-2H3,(H2,20,21,22). The van der Waals surface area contributed by atoms with Gasteiger partial charge >= 0.3 is 0 Å². The maximum Gasteiger partial charge on any atom is 0.191 e. The smallest absolute Gasteiger partial charge is 0.191 e. The van der Waals surface area contributed by atoms with Gasteiger partial charge in [0.2, 0.25) is 0 Å². The van der Waals surface area contributed by atoms with Gasteiger partial charge in [-0.2, -0.15) is 0 Å². The summed E-state index contributed by atoms with van der Waals surface area (Å²) in [5.74, 6) is 2.02. The fourth-order valence-electron chi connectivity index (χ4n) is 3.92. The lowest BCUT2D eigenvalue weighted by molar-refractivity contribution is 0.117. The van der Waals surface area contributed by atoms with E-state index in [4.69, 9.17) is 4.74 Å². The molecule has 1 aliphatic carbocycles. The zero-order valence-electron chi connectivity index (χ0n) is 16.7. The van der Waals surface area contributed by atoms with Crippen LogP contribution in [0.15, 0.2) is 10.1 Å². The second-order valence-corrected chi connectivity index (χ2v) is 8.07. The van der Waals surface area contributed by atoms with Crippen LogP contribution in [-0.4, -0.2) is 59.3 Å². The lowest BCUT2D eigenvalue weighted by Gasteiger charge is -2.16. The second-order valence-electron chi connectivity index (χ2n) is 7.30. The van der Waals surface area contributed by atoms with E-state index >= 15 is 0 Å². The van der Waals surface area contributed by atoms with E-state index in [9.17, 15) is 0 Å². The molecular formula is C19H34N6OS. The van der Waals surface area contributed by atoms with Crippen molar-refractivity contribution in [1.82, 2.24) is 25.4 Å². The fraction of sp³-hybridized carbons (Fsp3) is 0.842. The van der Waals surface area contributed by atoms with Crippen molar-refractivity contribution in [3.05, 3.63) is 5.82 Å². The molecule has 0 bridgehead atoms. The topological polar surface area (TPSA) is 76.4 Å². The highest BCUT2D eigenvalue weighted by Crippen LogP contribution is 2.33. The third kappa shape index (κ3) is 5.85. The van der Waals surface area contributed by atoms with Crippen molar-refractivity contribution in [3.63, 3.8) is 0 Å². The first-order chi connectivity index (χ1) is 13.3. The largest absolute Gasteiger partial charge is 0.376 e. The number of rotatable bonds is 9. The SMILES string of the molecule is CCNC(=NCC1CCCO1)NCCCc1nnc(SC)n1C1CCCC1. The number of aromatic nitrogens is 3. The molecule has 2 N–H and O–H groups in total. The van der Waals surface area contributed by atoms with Crippen LogP contribution < -0.4 is 10.6 Å². The van der Waals surface area contributed by atoms with Crippen LogP contribution in [0, 0.1) is 0 Å². The van der Waals surface area contributed by atoms with Gasteiger partial charge in [-0.05, 0) is 45.3 Å². The Bertz CT molecular complexity index is 593. The van der Waals surface area contributed by atoms with Crippen LogP contribution in [0.25, 0.3) is 0 Å². The molecule has 2 fully saturated rings. The van der Waals surface area contributed by atoms with Gasteiger partial charge in [0.1, 0.15) is 5.82 Å². The Balaban J connectivity index is 1.48. The minimum atomic E-state index is 0.287. The summed E-state index contributed by atoms with van der Waals surface area (Å²) in [6.45, 7) is 5.46. The molecule has 1 saturated heterocycles. The summed E-state index contributed by atoms with van der Waals surface area (Å²) in [6, 6.07) is 0.593. The van der Waals surface area contributed by atoms with Gasteiger partial charge in [-0.25, -0.2) is 0 Å². The number of ether oxygens (including phenoxy) is 1. The molecule has 7 nitrogen and oxygen atoms in total. The highest BCUT2D eigenvalue weighted by molar-refractivity contribution is 7.98. The minimum absolute atomic E-state index is 0.287. The molecule has 0 aromatic carbocycles. The number of hydrogen-bond donors (Lipinski definition) is 2. The quantitative estimate of drug-likeness (QED) is 0.290. The lowest BCUT2D eigenvalue weighted by atomic mass is 10.2. The monoisotopic (exact) mass is 394 g/mol. The van der Waals surface area contributed by atoms with Crippen LogP contribution in [0.1, 0.15) is 63.7 Å². The minimum Gasteiger partial charge on any atom is -0.376 e. The summed E-state index contributed by atoms with van der Waals surface area (Å²) < 4.78 is 8.05. The molecule has 2 aliphatic rings. The van der Waals surface area contributed by atoms with E-state index in [0.29, 0.717) is 6.04 Å². The first-order valence-electron chi connectivity index (χ1n) is 10.4. The van der Waals surface area contributed by atoms with Crippen molar-refractivity contribution in [3.8, 4) is 0 Å². The molecule has 152 valence electrons. The van der Waals surface area contributed by atoms with Crippen molar-refractivity contribution in [1.29, 1.82) is 0 Å². The van der Waals surface area contributed by atoms with Crippen LogP contribution in [0.2, 0.25) is 0 Å². The molecule has 1 saturated carbocycles. The van der Waals surface area contributed by atoms with Crippen LogP contribution in [0.5, 0.6) is 0 Å². The third-order valence-electron chi connectivity index (χ3n) is 5.30. The van der Waals surface area contributed by atoms with E-state index in [1.165, 1.54) is 25.7 Å². The predicted octanol–water partition coefficient (Wildman–Crippen LogP) is 2.78. The molecule has 0 amide bonds. The Labute approximate surface area is 167 Å². The van der Waals surface area contributed by atoms with E-state index in [1.807, 2.05) is 0 Å². The number of hydrogen-bond acceptors (Lipinski definition) is 5. The first-order valence-corrected chi connectivity index (χ1v) is 11.7.